The van der Waals surface area contributed by atoms with Gasteiger partial charge in [-0.15, -0.1) is 0 Å². The van der Waals surface area contributed by atoms with Crippen LogP contribution in [0, 0.1) is 0 Å². The Hall–Kier alpha value is -1.39. The van der Waals surface area contributed by atoms with Crippen molar-refractivity contribution >= 4 is 18.1 Å². The SMILES string of the molecule is CC1CN(CC=O)C(=O)C(=O)N1. The predicted octanol–water partition coefficient (Wildman–Crippen LogP) is -1.47. The Labute approximate surface area is 69.7 Å². The molecular weight excluding hydrogens is 160 g/mol. The van der Waals surface area contributed by atoms with Crippen LogP contribution in [0.15, 0.2) is 0 Å². The average molecular weight is 170 g/mol. The molecule has 1 rings (SSSR count). The molecule has 2 amide bonds. The van der Waals surface area contributed by atoms with Crippen LogP contribution in [0.25, 0.3) is 0 Å². The van der Waals surface area contributed by atoms with Crippen molar-refractivity contribution in [2.45, 2.75) is 13.0 Å². The number of nitrogens with zero attached hydrogens (tertiary/aromatic N) is 1. The van der Waals surface area contributed by atoms with E-state index in [1.54, 1.807) is 6.92 Å². The van der Waals surface area contributed by atoms with E-state index in [1.165, 1.54) is 4.90 Å². The molecule has 0 radical (unpaired) electrons. The molecule has 0 bridgehead atoms. The van der Waals surface area contributed by atoms with Crippen LogP contribution in [0.5, 0.6) is 0 Å². The summed E-state index contributed by atoms with van der Waals surface area (Å²) in [6.07, 6.45) is 0.614. The lowest BCUT2D eigenvalue weighted by Gasteiger charge is -2.29. The first-order valence-electron chi connectivity index (χ1n) is 3.68. The number of hydrogen-bond donors (Lipinski definition) is 1. The average Bonchev–Trinajstić information content (AvgIpc) is 2.00. The summed E-state index contributed by atoms with van der Waals surface area (Å²) < 4.78 is 0. The molecule has 0 aromatic rings. The van der Waals surface area contributed by atoms with Gasteiger partial charge in [-0.1, -0.05) is 0 Å². The van der Waals surface area contributed by atoms with Gasteiger partial charge in [0.1, 0.15) is 6.29 Å². The molecule has 5 heteroatoms. The Bertz CT molecular complexity index is 227. The van der Waals surface area contributed by atoms with Crippen LogP contribution < -0.4 is 5.32 Å². The van der Waals surface area contributed by atoms with Crippen molar-refractivity contribution in [3.05, 3.63) is 0 Å². The predicted molar refractivity (Wildman–Crippen MR) is 40.2 cm³/mol. The van der Waals surface area contributed by atoms with E-state index in [2.05, 4.69) is 5.32 Å². The van der Waals surface area contributed by atoms with Gasteiger partial charge in [-0.25, -0.2) is 0 Å². The van der Waals surface area contributed by atoms with Crippen molar-refractivity contribution in [3.63, 3.8) is 0 Å². The summed E-state index contributed by atoms with van der Waals surface area (Å²) in [5.41, 5.74) is 0. The number of nitrogens with one attached hydrogen (secondary N) is 1. The minimum Gasteiger partial charge on any atom is -0.344 e. The highest BCUT2D eigenvalue weighted by Gasteiger charge is 2.29. The third kappa shape index (κ3) is 1.61. The second kappa shape index (κ2) is 3.34. The Morgan fingerprint density at radius 3 is 2.92 bits per heavy atom. The lowest BCUT2D eigenvalue weighted by molar-refractivity contribution is -0.149. The quantitative estimate of drug-likeness (QED) is 0.406. The molecule has 0 saturated carbocycles. The highest BCUT2D eigenvalue weighted by Crippen LogP contribution is 1.99. The van der Waals surface area contributed by atoms with Crippen molar-refractivity contribution in [2.24, 2.45) is 0 Å². The largest absolute Gasteiger partial charge is 0.344 e. The Balaban J connectivity index is 2.66. The van der Waals surface area contributed by atoms with Crippen molar-refractivity contribution in [2.75, 3.05) is 13.1 Å². The molecule has 5 nitrogen and oxygen atoms in total. The second-order valence-corrected chi connectivity index (χ2v) is 2.75. The fourth-order valence-corrected chi connectivity index (χ4v) is 1.14. The lowest BCUT2D eigenvalue weighted by Crippen LogP contribution is -2.56. The van der Waals surface area contributed by atoms with Crippen molar-refractivity contribution in [1.82, 2.24) is 10.2 Å². The summed E-state index contributed by atoms with van der Waals surface area (Å²) in [5.74, 6) is -1.25. The van der Waals surface area contributed by atoms with Crippen molar-refractivity contribution in [1.29, 1.82) is 0 Å². The van der Waals surface area contributed by atoms with E-state index < -0.39 is 11.8 Å². The van der Waals surface area contributed by atoms with Gasteiger partial charge in [-0.2, -0.15) is 0 Å². The summed E-state index contributed by atoms with van der Waals surface area (Å²) in [5, 5.41) is 2.47. The van der Waals surface area contributed by atoms with Gasteiger partial charge >= 0.3 is 11.8 Å². The summed E-state index contributed by atoms with van der Waals surface area (Å²) in [7, 11) is 0. The third-order valence-corrected chi connectivity index (χ3v) is 1.65. The minimum atomic E-state index is -0.629. The second-order valence-electron chi connectivity index (χ2n) is 2.75. The van der Waals surface area contributed by atoms with Crippen LogP contribution in [0.4, 0.5) is 0 Å². The number of aldehydes is 1. The van der Waals surface area contributed by atoms with Gasteiger partial charge in [0.25, 0.3) is 0 Å². The molecule has 1 atom stereocenters. The molecular formula is C7H10N2O3. The zero-order valence-electron chi connectivity index (χ0n) is 6.74. The molecule has 1 aliphatic heterocycles. The molecule has 0 aromatic heterocycles. The van der Waals surface area contributed by atoms with E-state index in [1.807, 2.05) is 0 Å². The lowest BCUT2D eigenvalue weighted by atomic mass is 10.2. The van der Waals surface area contributed by atoms with E-state index in [0.29, 0.717) is 12.8 Å². The molecule has 1 heterocycles. The summed E-state index contributed by atoms with van der Waals surface area (Å²) in [6.45, 7) is 2.18. The summed E-state index contributed by atoms with van der Waals surface area (Å²) in [6, 6.07) is -0.0739. The zero-order valence-corrected chi connectivity index (χ0v) is 6.74. The normalized spacial score (nSPS) is 23.8. The Morgan fingerprint density at radius 2 is 2.33 bits per heavy atom. The van der Waals surface area contributed by atoms with Gasteiger partial charge in [0.2, 0.25) is 0 Å². The molecule has 1 aliphatic rings. The standard InChI is InChI=1S/C7H10N2O3/c1-5-4-9(2-3-10)7(12)6(11)8-5/h3,5H,2,4H2,1H3,(H,8,11). The highest BCUT2D eigenvalue weighted by atomic mass is 16.2. The first-order valence-corrected chi connectivity index (χ1v) is 3.68. The van der Waals surface area contributed by atoms with Gasteiger partial charge in [0.05, 0.1) is 6.54 Å². The van der Waals surface area contributed by atoms with E-state index in [-0.39, 0.29) is 12.6 Å². The molecule has 1 unspecified atom stereocenters. The monoisotopic (exact) mass is 170 g/mol. The van der Waals surface area contributed by atoms with Crippen LogP contribution in [-0.4, -0.2) is 42.1 Å². The van der Waals surface area contributed by atoms with Gasteiger partial charge in [0.15, 0.2) is 0 Å². The number of carbonyl (C=O) groups is 3. The first kappa shape index (κ1) is 8.70. The van der Waals surface area contributed by atoms with Gasteiger partial charge < -0.3 is 15.0 Å². The van der Waals surface area contributed by atoms with Crippen LogP contribution in [0.3, 0.4) is 0 Å². The first-order chi connectivity index (χ1) is 5.65. The van der Waals surface area contributed by atoms with E-state index in [4.69, 9.17) is 0 Å². The molecule has 1 N–H and O–H groups in total. The minimum absolute atomic E-state index is 0.00338. The van der Waals surface area contributed by atoms with Crippen molar-refractivity contribution in [3.8, 4) is 0 Å². The molecule has 66 valence electrons. The number of rotatable bonds is 2. The smallest absolute Gasteiger partial charge is 0.312 e. The number of amides is 2. The molecule has 12 heavy (non-hydrogen) atoms. The maximum absolute atomic E-state index is 11.0. The number of hydrogen-bond acceptors (Lipinski definition) is 3. The van der Waals surface area contributed by atoms with Crippen molar-refractivity contribution < 1.29 is 14.4 Å². The van der Waals surface area contributed by atoms with E-state index in [9.17, 15) is 14.4 Å². The third-order valence-electron chi connectivity index (χ3n) is 1.65. The van der Waals surface area contributed by atoms with E-state index in [0.717, 1.165) is 0 Å². The highest BCUT2D eigenvalue weighted by molar-refractivity contribution is 6.35. The van der Waals surface area contributed by atoms with Gasteiger partial charge in [0, 0.05) is 12.6 Å². The Kier molecular flexibility index (Phi) is 2.42. The fourth-order valence-electron chi connectivity index (χ4n) is 1.14. The molecule has 1 saturated heterocycles. The fraction of sp³-hybridized carbons (Fsp3) is 0.571. The zero-order chi connectivity index (χ0) is 9.14. The molecule has 1 fully saturated rings. The number of piperazine rings is 1. The van der Waals surface area contributed by atoms with Crippen LogP contribution in [-0.2, 0) is 14.4 Å². The van der Waals surface area contributed by atoms with Gasteiger partial charge in [-0.05, 0) is 6.92 Å². The summed E-state index contributed by atoms with van der Waals surface area (Å²) in [4.78, 5) is 33.2. The van der Waals surface area contributed by atoms with Crippen LogP contribution in [0.1, 0.15) is 6.92 Å². The topological polar surface area (TPSA) is 66.5 Å². The van der Waals surface area contributed by atoms with Crippen LogP contribution >= 0.6 is 0 Å². The molecule has 0 aromatic carbocycles. The van der Waals surface area contributed by atoms with Gasteiger partial charge in [-0.3, -0.25) is 9.59 Å². The number of carbonyl (C=O) groups excluding carboxylic acids is 3. The van der Waals surface area contributed by atoms with E-state index >= 15 is 0 Å². The maximum atomic E-state index is 11.0. The Morgan fingerprint density at radius 1 is 1.67 bits per heavy atom. The maximum Gasteiger partial charge on any atom is 0.312 e. The molecule has 0 spiro atoms. The molecule has 0 aliphatic carbocycles. The summed E-state index contributed by atoms with van der Waals surface area (Å²) >= 11 is 0. The van der Waals surface area contributed by atoms with Crippen LogP contribution in [0.2, 0.25) is 0 Å².